The molecule has 3 rings (SSSR count). The van der Waals surface area contributed by atoms with Crippen molar-refractivity contribution in [2.45, 2.75) is 35.5 Å². The molecule has 0 amide bonds. The molecule has 106 valence electrons. The number of aromatic nitrogens is 4. The lowest BCUT2D eigenvalue weighted by molar-refractivity contribution is 0.532. The maximum atomic E-state index is 14.0. The summed E-state index contributed by atoms with van der Waals surface area (Å²) in [6.07, 6.45) is 2.01. The van der Waals surface area contributed by atoms with E-state index in [2.05, 4.69) is 20.8 Å². The maximum absolute atomic E-state index is 14.0. The first-order chi connectivity index (χ1) is 9.69. The van der Waals surface area contributed by atoms with Crippen LogP contribution in [0.5, 0.6) is 0 Å². The van der Waals surface area contributed by atoms with E-state index < -0.39 is 11.6 Å². The summed E-state index contributed by atoms with van der Waals surface area (Å²) in [6, 6.07) is 2.92. The molecule has 1 saturated carbocycles. The van der Waals surface area contributed by atoms with E-state index in [1.165, 1.54) is 12.1 Å². The van der Waals surface area contributed by atoms with Crippen LogP contribution >= 0.6 is 11.8 Å². The zero-order chi connectivity index (χ0) is 14.1. The van der Waals surface area contributed by atoms with Crippen LogP contribution in [0.1, 0.15) is 24.4 Å². The molecule has 1 heterocycles. The average molecular weight is 297 g/mol. The molecule has 2 aromatic rings. The predicted octanol–water partition coefficient (Wildman–Crippen LogP) is 2.16. The van der Waals surface area contributed by atoms with E-state index in [0.717, 1.165) is 24.6 Å². The van der Waals surface area contributed by atoms with Crippen LogP contribution < -0.4 is 5.32 Å². The monoisotopic (exact) mass is 297 g/mol. The minimum absolute atomic E-state index is 0.0680. The largest absolute Gasteiger partial charge is 0.316 e. The van der Waals surface area contributed by atoms with Crippen molar-refractivity contribution in [3.05, 3.63) is 29.3 Å². The van der Waals surface area contributed by atoms with Crippen LogP contribution in [0.15, 0.2) is 22.2 Å². The van der Waals surface area contributed by atoms with Gasteiger partial charge >= 0.3 is 0 Å². The number of hydrogen-bond donors (Lipinski definition) is 1. The van der Waals surface area contributed by atoms with Gasteiger partial charge in [0.15, 0.2) is 0 Å². The van der Waals surface area contributed by atoms with Crippen LogP contribution in [0.25, 0.3) is 0 Å². The van der Waals surface area contributed by atoms with Crippen LogP contribution in [0.4, 0.5) is 8.78 Å². The Labute approximate surface area is 118 Å². The van der Waals surface area contributed by atoms with Gasteiger partial charge in [-0.3, -0.25) is 0 Å². The Balaban J connectivity index is 1.88. The summed E-state index contributed by atoms with van der Waals surface area (Å²) in [6.45, 7) is 0.415. The molecular weight excluding hydrogens is 284 g/mol. The molecule has 0 radical (unpaired) electrons. The first-order valence-corrected chi connectivity index (χ1v) is 7.09. The van der Waals surface area contributed by atoms with Gasteiger partial charge in [0, 0.05) is 6.54 Å². The molecule has 20 heavy (non-hydrogen) atoms. The summed E-state index contributed by atoms with van der Waals surface area (Å²) in [7, 11) is 1.72. The third kappa shape index (κ3) is 2.66. The third-order valence-corrected chi connectivity index (χ3v) is 4.03. The maximum Gasteiger partial charge on any atom is 0.214 e. The molecule has 0 unspecified atom stereocenters. The Morgan fingerprint density at radius 3 is 2.65 bits per heavy atom. The Morgan fingerprint density at radius 2 is 2.05 bits per heavy atom. The zero-order valence-corrected chi connectivity index (χ0v) is 11.6. The van der Waals surface area contributed by atoms with Crippen molar-refractivity contribution in [3.8, 4) is 0 Å². The Kier molecular flexibility index (Phi) is 3.66. The molecule has 0 saturated heterocycles. The quantitative estimate of drug-likeness (QED) is 0.916. The molecule has 1 aromatic carbocycles. The predicted molar refractivity (Wildman–Crippen MR) is 69.3 cm³/mol. The second-order valence-corrected chi connectivity index (χ2v) is 5.64. The van der Waals surface area contributed by atoms with E-state index in [9.17, 15) is 8.78 Å². The van der Waals surface area contributed by atoms with Crippen molar-refractivity contribution < 1.29 is 8.78 Å². The van der Waals surface area contributed by atoms with Gasteiger partial charge in [-0.05, 0) is 59.8 Å². The second kappa shape index (κ2) is 5.45. The highest BCUT2D eigenvalue weighted by Crippen LogP contribution is 2.39. The van der Waals surface area contributed by atoms with Crippen LogP contribution in [-0.4, -0.2) is 27.3 Å². The average Bonchev–Trinajstić information content (AvgIpc) is 3.14. The van der Waals surface area contributed by atoms with Gasteiger partial charge < -0.3 is 5.32 Å². The fourth-order valence-electron chi connectivity index (χ4n) is 1.91. The Bertz CT molecular complexity index is 603. The van der Waals surface area contributed by atoms with Gasteiger partial charge in [-0.25, -0.2) is 13.5 Å². The van der Waals surface area contributed by atoms with Gasteiger partial charge in [0.05, 0.1) is 10.9 Å². The SMILES string of the molecule is CNCc1cc(F)c(Sc2nnnn2C2CC2)c(F)c1. The highest BCUT2D eigenvalue weighted by Gasteiger charge is 2.29. The standard InChI is InChI=1S/C12H13F2N5S/c1-15-6-7-4-9(13)11(10(14)5-7)20-12-16-17-18-19(12)8-2-3-8/h4-5,8,15H,2-3,6H2,1H3. The molecule has 1 aliphatic carbocycles. The zero-order valence-electron chi connectivity index (χ0n) is 10.8. The molecule has 1 aromatic heterocycles. The van der Waals surface area contributed by atoms with Crippen molar-refractivity contribution in [2.24, 2.45) is 0 Å². The summed E-state index contributed by atoms with van der Waals surface area (Å²) in [4.78, 5) is -0.0680. The van der Waals surface area contributed by atoms with Crippen molar-refractivity contribution >= 4 is 11.8 Å². The Morgan fingerprint density at radius 1 is 1.35 bits per heavy atom. The fourth-order valence-corrected chi connectivity index (χ4v) is 2.76. The highest BCUT2D eigenvalue weighted by atomic mass is 32.2. The van der Waals surface area contributed by atoms with Crippen LogP contribution in [0.2, 0.25) is 0 Å². The first kappa shape index (κ1) is 13.4. The summed E-state index contributed by atoms with van der Waals surface area (Å²) in [5.41, 5.74) is 0.564. The minimum atomic E-state index is -0.592. The molecular formula is C12H13F2N5S. The van der Waals surface area contributed by atoms with E-state index in [1.54, 1.807) is 11.7 Å². The van der Waals surface area contributed by atoms with Gasteiger partial charge in [0.1, 0.15) is 11.6 Å². The van der Waals surface area contributed by atoms with Crippen molar-refractivity contribution in [1.82, 2.24) is 25.5 Å². The van der Waals surface area contributed by atoms with Gasteiger partial charge in [-0.1, -0.05) is 0 Å². The van der Waals surface area contributed by atoms with E-state index in [0.29, 0.717) is 17.3 Å². The van der Waals surface area contributed by atoms with Crippen LogP contribution in [0, 0.1) is 11.6 Å². The smallest absolute Gasteiger partial charge is 0.214 e. The van der Waals surface area contributed by atoms with E-state index in [4.69, 9.17) is 0 Å². The number of hydrogen-bond acceptors (Lipinski definition) is 5. The topological polar surface area (TPSA) is 55.6 Å². The molecule has 0 atom stereocenters. The molecule has 0 aliphatic heterocycles. The summed E-state index contributed by atoms with van der Waals surface area (Å²) < 4.78 is 29.6. The number of nitrogens with one attached hydrogen (secondary N) is 1. The Hall–Kier alpha value is -1.54. The lowest BCUT2D eigenvalue weighted by atomic mass is 10.2. The second-order valence-electron chi connectivity index (χ2n) is 4.66. The first-order valence-electron chi connectivity index (χ1n) is 6.27. The molecule has 1 aliphatic rings. The third-order valence-electron chi connectivity index (χ3n) is 2.99. The summed E-state index contributed by atoms with van der Waals surface area (Å²) >= 11 is 0.926. The highest BCUT2D eigenvalue weighted by molar-refractivity contribution is 7.99. The molecule has 5 nitrogen and oxygen atoms in total. The fraction of sp³-hybridized carbons (Fsp3) is 0.417. The number of tetrazole rings is 1. The number of halogens is 2. The number of rotatable bonds is 5. The van der Waals surface area contributed by atoms with Gasteiger partial charge in [0.2, 0.25) is 5.16 Å². The molecule has 8 heteroatoms. The summed E-state index contributed by atoms with van der Waals surface area (Å²) in [5.74, 6) is -1.18. The van der Waals surface area contributed by atoms with E-state index >= 15 is 0 Å². The molecule has 0 bridgehead atoms. The lowest BCUT2D eigenvalue weighted by Crippen LogP contribution is -2.06. The lowest BCUT2D eigenvalue weighted by Gasteiger charge is -2.07. The van der Waals surface area contributed by atoms with E-state index in [1.807, 2.05) is 0 Å². The van der Waals surface area contributed by atoms with Crippen LogP contribution in [0.3, 0.4) is 0 Å². The van der Waals surface area contributed by atoms with Crippen molar-refractivity contribution in [3.63, 3.8) is 0 Å². The normalized spacial score (nSPS) is 14.8. The minimum Gasteiger partial charge on any atom is -0.316 e. The molecule has 1 N–H and O–H groups in total. The van der Waals surface area contributed by atoms with Crippen LogP contribution in [-0.2, 0) is 6.54 Å². The number of benzene rings is 1. The summed E-state index contributed by atoms with van der Waals surface area (Å²) in [5, 5.41) is 14.5. The molecule has 0 spiro atoms. The van der Waals surface area contributed by atoms with E-state index in [-0.39, 0.29) is 10.9 Å². The van der Waals surface area contributed by atoms with Gasteiger partial charge in [-0.2, -0.15) is 0 Å². The van der Waals surface area contributed by atoms with Crippen molar-refractivity contribution in [2.75, 3.05) is 7.05 Å². The molecule has 1 fully saturated rings. The number of nitrogens with zero attached hydrogens (tertiary/aromatic N) is 4. The van der Waals surface area contributed by atoms with Gasteiger partial charge in [0.25, 0.3) is 0 Å². The van der Waals surface area contributed by atoms with Gasteiger partial charge in [-0.15, -0.1) is 5.10 Å². The van der Waals surface area contributed by atoms with Crippen molar-refractivity contribution in [1.29, 1.82) is 0 Å².